The van der Waals surface area contributed by atoms with Gasteiger partial charge in [0.1, 0.15) is 6.04 Å². The standard InChI is InChI=1S/C34H26N4O3/c39-32-25-13-4-5-14-26(25)33(40)38(32)19-18-37-30-17-9-7-15-27(30)31(22-10-2-1-3-11-22)36-29(34(37)41)20-23-21-35-28-16-8-6-12-24(23)28/h1-17,21,29,35H,18-20H2. The van der Waals surface area contributed by atoms with Gasteiger partial charge in [0.15, 0.2) is 0 Å². The molecular formula is C34H26N4O3. The number of hydrogen-bond donors (Lipinski definition) is 1. The lowest BCUT2D eigenvalue weighted by Crippen LogP contribution is -2.44. The molecule has 5 aromatic rings. The van der Waals surface area contributed by atoms with Crippen LogP contribution in [0.1, 0.15) is 37.4 Å². The van der Waals surface area contributed by atoms with Crippen molar-refractivity contribution in [1.82, 2.24) is 9.88 Å². The van der Waals surface area contributed by atoms with Gasteiger partial charge < -0.3 is 9.88 Å². The highest BCUT2D eigenvalue weighted by Gasteiger charge is 2.37. The van der Waals surface area contributed by atoms with Crippen molar-refractivity contribution in [2.75, 3.05) is 18.0 Å². The SMILES string of the molecule is O=C1c2ccccc2C(=O)N1CCN1C(=O)C(Cc2c[nH]c3ccccc23)N=C(c2ccccc2)c2ccccc21. The molecule has 0 fully saturated rings. The average molecular weight is 539 g/mol. The fourth-order valence-electron chi connectivity index (χ4n) is 5.83. The Hall–Kier alpha value is -5.30. The molecule has 0 bridgehead atoms. The van der Waals surface area contributed by atoms with E-state index in [4.69, 9.17) is 4.99 Å². The van der Waals surface area contributed by atoms with E-state index in [0.29, 0.717) is 23.2 Å². The zero-order valence-electron chi connectivity index (χ0n) is 22.2. The minimum absolute atomic E-state index is 0.0763. The topological polar surface area (TPSA) is 85.8 Å². The Labute approximate surface area is 236 Å². The summed E-state index contributed by atoms with van der Waals surface area (Å²) in [6.45, 7) is 0.232. The van der Waals surface area contributed by atoms with Crippen LogP contribution in [0.5, 0.6) is 0 Å². The van der Waals surface area contributed by atoms with Crippen LogP contribution in [0.2, 0.25) is 0 Å². The summed E-state index contributed by atoms with van der Waals surface area (Å²) in [6, 6.07) is 31.7. The van der Waals surface area contributed by atoms with Crippen LogP contribution in [0.15, 0.2) is 114 Å². The number of carbonyl (C=O) groups is 3. The van der Waals surface area contributed by atoms with Crippen molar-refractivity contribution in [3.05, 3.63) is 137 Å². The molecule has 2 aliphatic heterocycles. The maximum absolute atomic E-state index is 14.4. The monoisotopic (exact) mass is 538 g/mol. The molecular weight excluding hydrogens is 512 g/mol. The molecule has 3 amide bonds. The van der Waals surface area contributed by atoms with E-state index in [0.717, 1.165) is 33.3 Å². The fourth-order valence-corrected chi connectivity index (χ4v) is 5.83. The molecule has 1 atom stereocenters. The first-order valence-corrected chi connectivity index (χ1v) is 13.6. The molecule has 4 aromatic carbocycles. The first-order valence-electron chi connectivity index (χ1n) is 13.6. The van der Waals surface area contributed by atoms with Crippen molar-refractivity contribution < 1.29 is 14.4 Å². The molecule has 0 aliphatic carbocycles. The fraction of sp³-hybridized carbons (Fsp3) is 0.118. The van der Waals surface area contributed by atoms with Gasteiger partial charge >= 0.3 is 0 Å². The molecule has 0 radical (unpaired) electrons. The maximum atomic E-state index is 14.4. The summed E-state index contributed by atoms with van der Waals surface area (Å²) in [4.78, 5) is 51.9. The minimum atomic E-state index is -0.709. The molecule has 1 aromatic heterocycles. The van der Waals surface area contributed by atoms with Crippen molar-refractivity contribution >= 4 is 40.0 Å². The van der Waals surface area contributed by atoms with E-state index in [9.17, 15) is 14.4 Å². The van der Waals surface area contributed by atoms with E-state index in [1.165, 1.54) is 4.90 Å². The molecule has 7 rings (SSSR count). The van der Waals surface area contributed by atoms with E-state index in [1.54, 1.807) is 29.2 Å². The van der Waals surface area contributed by atoms with Gasteiger partial charge in [-0.15, -0.1) is 0 Å². The number of fused-ring (bicyclic) bond motifs is 3. The number of carbonyl (C=O) groups excluding carboxylic acids is 3. The lowest BCUT2D eigenvalue weighted by molar-refractivity contribution is -0.119. The largest absolute Gasteiger partial charge is 0.361 e. The normalized spacial score (nSPS) is 16.5. The predicted molar refractivity (Wildman–Crippen MR) is 158 cm³/mol. The highest BCUT2D eigenvalue weighted by atomic mass is 16.2. The van der Waals surface area contributed by atoms with Gasteiger partial charge in [0.2, 0.25) is 0 Å². The zero-order chi connectivity index (χ0) is 27.9. The summed E-state index contributed by atoms with van der Waals surface area (Å²) in [5, 5.41) is 1.05. The molecule has 2 aliphatic rings. The number of benzodiazepines with no additional fused rings is 1. The Morgan fingerprint density at radius 3 is 2.02 bits per heavy atom. The lowest BCUT2D eigenvalue weighted by Gasteiger charge is -2.27. The molecule has 1 N–H and O–H groups in total. The second-order valence-electron chi connectivity index (χ2n) is 10.2. The molecule has 200 valence electrons. The van der Waals surface area contributed by atoms with Crippen molar-refractivity contribution in [1.29, 1.82) is 0 Å². The number of benzene rings is 4. The predicted octanol–water partition coefficient (Wildman–Crippen LogP) is 5.26. The number of hydrogen-bond acceptors (Lipinski definition) is 4. The van der Waals surface area contributed by atoms with E-state index >= 15 is 0 Å². The van der Waals surface area contributed by atoms with Crippen LogP contribution in [0.3, 0.4) is 0 Å². The molecule has 7 nitrogen and oxygen atoms in total. The number of anilines is 1. The number of amides is 3. The van der Waals surface area contributed by atoms with Crippen LogP contribution in [0.4, 0.5) is 5.69 Å². The van der Waals surface area contributed by atoms with Crippen LogP contribution in [-0.2, 0) is 11.2 Å². The van der Waals surface area contributed by atoms with Gasteiger partial charge in [0.25, 0.3) is 17.7 Å². The number of para-hydroxylation sites is 2. The van der Waals surface area contributed by atoms with Crippen LogP contribution >= 0.6 is 0 Å². The first kappa shape index (κ1) is 24.7. The maximum Gasteiger partial charge on any atom is 0.261 e. The van der Waals surface area contributed by atoms with Crippen LogP contribution in [0, 0.1) is 0 Å². The molecule has 3 heterocycles. The van der Waals surface area contributed by atoms with Crippen molar-refractivity contribution in [3.63, 3.8) is 0 Å². The Balaban J connectivity index is 1.28. The number of H-pyrrole nitrogens is 1. The quantitative estimate of drug-likeness (QED) is 0.299. The molecule has 0 saturated heterocycles. The molecule has 7 heteroatoms. The summed E-state index contributed by atoms with van der Waals surface area (Å²) in [5.41, 5.74) is 5.98. The van der Waals surface area contributed by atoms with E-state index in [-0.39, 0.29) is 30.8 Å². The number of nitrogens with zero attached hydrogens (tertiary/aromatic N) is 3. The number of nitrogens with one attached hydrogen (secondary N) is 1. The van der Waals surface area contributed by atoms with Crippen LogP contribution in [0.25, 0.3) is 10.9 Å². The second-order valence-corrected chi connectivity index (χ2v) is 10.2. The summed E-state index contributed by atoms with van der Waals surface area (Å²) < 4.78 is 0. The number of aromatic nitrogens is 1. The summed E-state index contributed by atoms with van der Waals surface area (Å²) >= 11 is 0. The summed E-state index contributed by atoms with van der Waals surface area (Å²) in [5.74, 6) is -0.847. The van der Waals surface area contributed by atoms with Gasteiger partial charge in [0.05, 0.1) is 22.5 Å². The van der Waals surface area contributed by atoms with Crippen LogP contribution in [-0.4, -0.2) is 52.4 Å². The molecule has 1 unspecified atom stereocenters. The van der Waals surface area contributed by atoms with Gasteiger partial charge in [-0.25, -0.2) is 0 Å². The van der Waals surface area contributed by atoms with E-state index < -0.39 is 6.04 Å². The summed E-state index contributed by atoms with van der Waals surface area (Å²) in [6.07, 6.45) is 2.34. The molecule has 0 saturated carbocycles. The third kappa shape index (κ3) is 4.23. The number of rotatable bonds is 6. The van der Waals surface area contributed by atoms with Gasteiger partial charge in [-0.05, 0) is 29.8 Å². The van der Waals surface area contributed by atoms with Crippen molar-refractivity contribution in [2.45, 2.75) is 12.5 Å². The van der Waals surface area contributed by atoms with Crippen molar-refractivity contribution in [2.24, 2.45) is 4.99 Å². The number of aliphatic imine (C=N–C) groups is 1. The third-order valence-corrected chi connectivity index (χ3v) is 7.85. The number of aromatic amines is 1. The van der Waals surface area contributed by atoms with Gasteiger partial charge in [-0.1, -0.05) is 78.9 Å². The van der Waals surface area contributed by atoms with Crippen LogP contribution < -0.4 is 4.90 Å². The van der Waals surface area contributed by atoms with Gasteiger partial charge in [0, 0.05) is 47.7 Å². The number of imide groups is 1. The highest BCUT2D eigenvalue weighted by molar-refractivity contribution is 6.22. The Kier molecular flexibility index (Phi) is 6.04. The average Bonchev–Trinajstić information content (AvgIpc) is 3.50. The highest BCUT2D eigenvalue weighted by Crippen LogP contribution is 2.31. The Bertz CT molecular complexity index is 1820. The Morgan fingerprint density at radius 2 is 1.27 bits per heavy atom. The van der Waals surface area contributed by atoms with Crippen molar-refractivity contribution in [3.8, 4) is 0 Å². The first-order chi connectivity index (χ1) is 20.1. The molecule has 41 heavy (non-hydrogen) atoms. The Morgan fingerprint density at radius 1 is 0.659 bits per heavy atom. The van der Waals surface area contributed by atoms with Gasteiger partial charge in [-0.2, -0.15) is 0 Å². The molecule has 0 spiro atoms. The van der Waals surface area contributed by atoms with E-state index in [2.05, 4.69) is 4.98 Å². The summed E-state index contributed by atoms with van der Waals surface area (Å²) in [7, 11) is 0. The third-order valence-electron chi connectivity index (χ3n) is 7.85. The zero-order valence-corrected chi connectivity index (χ0v) is 22.2. The lowest BCUT2D eigenvalue weighted by atomic mass is 10.00. The minimum Gasteiger partial charge on any atom is -0.361 e. The van der Waals surface area contributed by atoms with E-state index in [1.807, 2.05) is 85.1 Å². The second kappa shape index (κ2) is 10.0. The van der Waals surface area contributed by atoms with Gasteiger partial charge in [-0.3, -0.25) is 24.3 Å². The smallest absolute Gasteiger partial charge is 0.261 e.